The second-order valence-corrected chi connectivity index (χ2v) is 4.40. The number of hydrogen-bond donors (Lipinski definition) is 0. The molecule has 0 spiro atoms. The van der Waals surface area contributed by atoms with Gasteiger partial charge in [0.05, 0.1) is 0 Å². The van der Waals surface area contributed by atoms with Gasteiger partial charge in [-0.15, -0.1) is 0 Å². The molecule has 0 aromatic carbocycles. The van der Waals surface area contributed by atoms with Crippen molar-refractivity contribution in [2.45, 2.75) is 19.8 Å². The number of hydrogen-bond acceptors (Lipinski definition) is 3. The molecule has 0 saturated carbocycles. The maximum Gasteiger partial charge on any atom is 0.222 e. The third-order valence-corrected chi connectivity index (χ3v) is 2.15. The summed E-state index contributed by atoms with van der Waals surface area (Å²) in [7, 11) is 8.67. The zero-order valence-electron chi connectivity index (χ0n) is 12.3. The molecule has 0 aromatic rings. The summed E-state index contributed by atoms with van der Waals surface area (Å²) in [6.45, 7) is 2.48. The van der Waals surface area contributed by atoms with E-state index in [-0.39, 0.29) is 5.91 Å². The Hall–Kier alpha value is -1.59. The van der Waals surface area contributed by atoms with E-state index in [9.17, 15) is 14.4 Å². The number of nitrogens with zero attached hydrogens (tertiary/aromatic N) is 3. The van der Waals surface area contributed by atoms with Gasteiger partial charge in [-0.3, -0.25) is 14.4 Å². The van der Waals surface area contributed by atoms with Crippen LogP contribution in [0.25, 0.3) is 0 Å². The van der Waals surface area contributed by atoms with Gasteiger partial charge in [0, 0.05) is 55.1 Å². The van der Waals surface area contributed by atoms with Crippen LogP contribution in [0, 0.1) is 0 Å². The van der Waals surface area contributed by atoms with Crippen molar-refractivity contribution in [3.05, 3.63) is 0 Å². The number of carbonyl (C=O) groups excluding carboxylic acids is 3. The highest BCUT2D eigenvalue weighted by Crippen LogP contribution is 2.04. The van der Waals surface area contributed by atoms with Crippen molar-refractivity contribution < 1.29 is 14.4 Å². The van der Waals surface area contributed by atoms with Crippen molar-refractivity contribution in [3.63, 3.8) is 0 Å². The van der Waals surface area contributed by atoms with Crippen molar-refractivity contribution >= 4 is 18.2 Å². The van der Waals surface area contributed by atoms with E-state index in [1.807, 2.05) is 7.05 Å². The SMILES string of the molecule is CC(=O)N(C)C.CN(C)C=O.CN1CCCC1=O. The quantitative estimate of drug-likeness (QED) is 0.625. The predicted octanol–water partition coefficient (Wildman–Crippen LogP) is 0.0375. The third-order valence-electron chi connectivity index (χ3n) is 2.15. The lowest BCUT2D eigenvalue weighted by Crippen LogP contribution is -2.17. The average Bonchev–Trinajstić information content (AvgIpc) is 2.65. The molecule has 0 bridgehead atoms. The van der Waals surface area contributed by atoms with Gasteiger partial charge in [0.1, 0.15) is 0 Å². The molecule has 0 N–H and O–H groups in total. The van der Waals surface area contributed by atoms with Gasteiger partial charge in [-0.25, -0.2) is 0 Å². The minimum atomic E-state index is 0.0926. The molecule has 18 heavy (non-hydrogen) atoms. The van der Waals surface area contributed by atoms with Crippen molar-refractivity contribution in [3.8, 4) is 0 Å². The Bertz CT molecular complexity index is 265. The van der Waals surface area contributed by atoms with E-state index < -0.39 is 0 Å². The molecule has 1 heterocycles. The Labute approximate surface area is 110 Å². The molecular formula is C12H25N3O3. The summed E-state index contributed by atoms with van der Waals surface area (Å²) in [5.41, 5.74) is 0. The molecule has 6 nitrogen and oxygen atoms in total. The Kier molecular flexibility index (Phi) is 11.0. The van der Waals surface area contributed by atoms with Crippen molar-refractivity contribution in [2.75, 3.05) is 41.8 Å². The molecule has 1 rings (SSSR count). The molecule has 3 amide bonds. The molecule has 0 aromatic heterocycles. The van der Waals surface area contributed by atoms with Crippen LogP contribution < -0.4 is 0 Å². The molecule has 6 heteroatoms. The first-order valence-corrected chi connectivity index (χ1v) is 5.76. The minimum Gasteiger partial charge on any atom is -0.351 e. The van der Waals surface area contributed by atoms with Crippen LogP contribution in [0.4, 0.5) is 0 Å². The lowest BCUT2D eigenvalue weighted by Gasteiger charge is -2.03. The minimum absolute atomic E-state index is 0.0926. The molecular weight excluding hydrogens is 234 g/mol. The number of likely N-dealkylation sites (tertiary alicyclic amines) is 1. The van der Waals surface area contributed by atoms with Gasteiger partial charge in [0.15, 0.2) is 0 Å². The van der Waals surface area contributed by atoms with Gasteiger partial charge in [-0.2, -0.15) is 0 Å². The molecule has 106 valence electrons. The Morgan fingerprint density at radius 2 is 1.67 bits per heavy atom. The topological polar surface area (TPSA) is 60.9 Å². The standard InChI is InChI=1S/C5H9NO.C4H9NO.C3H7NO/c1-6-4-2-3-5(6)7;1-4(6)5(2)3;1-4(2)3-5/h2-4H2,1H3;1-3H3;3H,1-2H3. The zero-order chi connectivity index (χ0) is 14.7. The van der Waals surface area contributed by atoms with E-state index in [0.717, 1.165) is 25.8 Å². The number of amides is 3. The monoisotopic (exact) mass is 259 g/mol. The van der Waals surface area contributed by atoms with Crippen LogP contribution in [0.1, 0.15) is 19.8 Å². The molecule has 0 aliphatic carbocycles. The second kappa shape index (κ2) is 10.6. The summed E-state index contributed by atoms with van der Waals surface area (Å²) in [6.07, 6.45) is 2.56. The Balaban J connectivity index is 0. The lowest BCUT2D eigenvalue weighted by atomic mass is 10.4. The molecule has 1 aliphatic heterocycles. The third kappa shape index (κ3) is 12.5. The van der Waals surface area contributed by atoms with Gasteiger partial charge in [0.2, 0.25) is 18.2 Å². The van der Waals surface area contributed by atoms with E-state index in [2.05, 4.69) is 0 Å². The molecule has 0 atom stereocenters. The summed E-state index contributed by atoms with van der Waals surface area (Å²) in [5.74, 6) is 0.384. The average molecular weight is 259 g/mol. The van der Waals surface area contributed by atoms with Gasteiger partial charge in [-0.05, 0) is 6.42 Å². The van der Waals surface area contributed by atoms with Gasteiger partial charge >= 0.3 is 0 Å². The first kappa shape index (κ1) is 18.8. The molecule has 0 unspecified atom stereocenters. The van der Waals surface area contributed by atoms with E-state index in [1.165, 1.54) is 16.7 Å². The van der Waals surface area contributed by atoms with Crippen molar-refractivity contribution in [2.24, 2.45) is 0 Å². The summed E-state index contributed by atoms with van der Waals surface area (Å²) in [4.78, 5) is 34.7. The smallest absolute Gasteiger partial charge is 0.222 e. The molecule has 0 radical (unpaired) electrons. The first-order valence-electron chi connectivity index (χ1n) is 5.76. The molecule has 1 aliphatic rings. The Morgan fingerprint density at radius 3 is 1.72 bits per heavy atom. The first-order chi connectivity index (χ1) is 8.22. The lowest BCUT2D eigenvalue weighted by molar-refractivity contribution is -0.127. The normalized spacial score (nSPS) is 12.8. The zero-order valence-corrected chi connectivity index (χ0v) is 12.3. The fourth-order valence-corrected chi connectivity index (χ4v) is 0.783. The summed E-state index contributed by atoms with van der Waals surface area (Å²) in [5, 5.41) is 0. The van der Waals surface area contributed by atoms with Crippen LogP contribution in [0.3, 0.4) is 0 Å². The van der Waals surface area contributed by atoms with Crippen LogP contribution in [0.5, 0.6) is 0 Å². The largest absolute Gasteiger partial charge is 0.351 e. The van der Waals surface area contributed by atoms with E-state index >= 15 is 0 Å². The summed E-state index contributed by atoms with van der Waals surface area (Å²) >= 11 is 0. The number of rotatable bonds is 1. The van der Waals surface area contributed by atoms with E-state index in [1.54, 1.807) is 33.1 Å². The second-order valence-electron chi connectivity index (χ2n) is 4.40. The van der Waals surface area contributed by atoms with E-state index in [4.69, 9.17) is 0 Å². The van der Waals surface area contributed by atoms with Crippen molar-refractivity contribution in [1.82, 2.24) is 14.7 Å². The fourth-order valence-electron chi connectivity index (χ4n) is 0.783. The maximum atomic E-state index is 10.5. The van der Waals surface area contributed by atoms with E-state index in [0.29, 0.717) is 5.91 Å². The maximum absolute atomic E-state index is 10.5. The van der Waals surface area contributed by atoms with Crippen LogP contribution in [0.2, 0.25) is 0 Å². The fraction of sp³-hybridized carbons (Fsp3) is 0.750. The van der Waals surface area contributed by atoms with Gasteiger partial charge < -0.3 is 14.7 Å². The Morgan fingerprint density at radius 1 is 1.28 bits per heavy atom. The van der Waals surface area contributed by atoms with Crippen LogP contribution in [-0.2, 0) is 14.4 Å². The molecule has 1 fully saturated rings. The molecule has 1 saturated heterocycles. The highest BCUT2D eigenvalue weighted by molar-refractivity contribution is 5.77. The van der Waals surface area contributed by atoms with Crippen LogP contribution >= 0.6 is 0 Å². The van der Waals surface area contributed by atoms with Crippen LogP contribution in [0.15, 0.2) is 0 Å². The van der Waals surface area contributed by atoms with Crippen molar-refractivity contribution in [1.29, 1.82) is 0 Å². The number of carbonyl (C=O) groups is 3. The van der Waals surface area contributed by atoms with Gasteiger partial charge in [0.25, 0.3) is 0 Å². The highest BCUT2D eigenvalue weighted by Gasteiger charge is 2.14. The highest BCUT2D eigenvalue weighted by atomic mass is 16.2. The summed E-state index contributed by atoms with van der Waals surface area (Å²) < 4.78 is 0. The predicted molar refractivity (Wildman–Crippen MR) is 71.0 cm³/mol. The summed E-state index contributed by atoms with van der Waals surface area (Å²) in [6, 6.07) is 0. The van der Waals surface area contributed by atoms with Crippen LogP contribution in [-0.4, -0.2) is 74.7 Å². The van der Waals surface area contributed by atoms with Gasteiger partial charge in [-0.1, -0.05) is 0 Å².